The van der Waals surface area contributed by atoms with Crippen molar-refractivity contribution >= 4 is 43.2 Å². The first-order chi connectivity index (χ1) is 9.06. The third kappa shape index (κ3) is 3.21. The summed E-state index contributed by atoms with van der Waals surface area (Å²) in [5.41, 5.74) is 3.61. The van der Waals surface area contributed by atoms with Crippen LogP contribution in [-0.2, 0) is 0 Å². The lowest BCUT2D eigenvalue weighted by atomic mass is 9.99. The van der Waals surface area contributed by atoms with E-state index < -0.39 is 0 Å². The van der Waals surface area contributed by atoms with Gasteiger partial charge in [-0.3, -0.25) is 0 Å². The van der Waals surface area contributed by atoms with Crippen LogP contribution in [0.5, 0.6) is 5.75 Å². The second-order valence-electron chi connectivity index (χ2n) is 4.23. The van der Waals surface area contributed by atoms with Crippen LogP contribution >= 0.6 is 43.2 Å². The summed E-state index contributed by atoms with van der Waals surface area (Å²) < 4.78 is 7.58. The molecule has 2 aromatic rings. The highest BCUT2D eigenvalue weighted by atomic mass is 79.9. The van der Waals surface area contributed by atoms with Crippen LogP contribution in [0.1, 0.15) is 22.7 Å². The van der Waals surface area contributed by atoms with Crippen molar-refractivity contribution < 1.29 is 4.74 Å². The molecule has 0 saturated carbocycles. The molecule has 0 aliphatic rings. The normalized spacial score (nSPS) is 12.5. The van der Waals surface area contributed by atoms with Gasteiger partial charge >= 0.3 is 0 Å². The summed E-state index contributed by atoms with van der Waals surface area (Å²) >= 11 is 8.85. The first-order valence-corrected chi connectivity index (χ1v) is 8.23. The van der Waals surface area contributed by atoms with Gasteiger partial charge in [0.2, 0.25) is 0 Å². The fraction of sp³-hybridized carbons (Fsp3) is 0.286. The highest BCUT2D eigenvalue weighted by Gasteiger charge is 2.18. The number of nitrogens with one attached hydrogen (secondary N) is 1. The number of halogens is 2. The van der Waals surface area contributed by atoms with Gasteiger partial charge in [-0.05, 0) is 74.7 Å². The molecule has 1 atom stereocenters. The van der Waals surface area contributed by atoms with Gasteiger partial charge in [0, 0.05) is 0 Å². The van der Waals surface area contributed by atoms with Crippen molar-refractivity contribution in [2.75, 3.05) is 14.2 Å². The van der Waals surface area contributed by atoms with E-state index in [1.165, 1.54) is 11.1 Å². The maximum absolute atomic E-state index is 5.31. The fourth-order valence-electron chi connectivity index (χ4n) is 2.13. The maximum Gasteiger partial charge on any atom is 0.121 e. The van der Waals surface area contributed by atoms with Crippen LogP contribution in [0.15, 0.2) is 31.8 Å². The van der Waals surface area contributed by atoms with E-state index in [4.69, 9.17) is 4.74 Å². The molecule has 0 aliphatic carbocycles. The summed E-state index contributed by atoms with van der Waals surface area (Å²) in [6.07, 6.45) is 0. The number of hydrogen-bond donors (Lipinski definition) is 1. The summed E-state index contributed by atoms with van der Waals surface area (Å²) in [5.74, 6) is 0.921. The Morgan fingerprint density at radius 1 is 1.26 bits per heavy atom. The van der Waals surface area contributed by atoms with Crippen molar-refractivity contribution in [3.05, 3.63) is 48.5 Å². The number of methoxy groups -OCH3 is 1. The third-order valence-electron chi connectivity index (χ3n) is 3.03. The van der Waals surface area contributed by atoms with Crippen molar-refractivity contribution in [2.45, 2.75) is 13.0 Å². The van der Waals surface area contributed by atoms with Gasteiger partial charge in [-0.15, -0.1) is 11.3 Å². The van der Waals surface area contributed by atoms with Crippen LogP contribution in [0.4, 0.5) is 0 Å². The number of hydrogen-bond acceptors (Lipinski definition) is 3. The maximum atomic E-state index is 5.31. The van der Waals surface area contributed by atoms with Gasteiger partial charge in [0.15, 0.2) is 0 Å². The van der Waals surface area contributed by atoms with E-state index in [1.54, 1.807) is 18.4 Å². The molecule has 1 N–H and O–H groups in total. The van der Waals surface area contributed by atoms with Crippen LogP contribution in [0, 0.1) is 6.92 Å². The summed E-state index contributed by atoms with van der Waals surface area (Å²) in [4.78, 5) is 0. The lowest BCUT2D eigenvalue weighted by Gasteiger charge is -2.18. The molecule has 1 heterocycles. The van der Waals surface area contributed by atoms with Gasteiger partial charge in [0.25, 0.3) is 0 Å². The molecule has 0 saturated heterocycles. The van der Waals surface area contributed by atoms with Gasteiger partial charge in [-0.25, -0.2) is 0 Å². The van der Waals surface area contributed by atoms with Crippen molar-refractivity contribution in [1.82, 2.24) is 5.32 Å². The van der Waals surface area contributed by atoms with E-state index in [2.05, 4.69) is 62.3 Å². The quantitative estimate of drug-likeness (QED) is 0.782. The Hall–Kier alpha value is -0.360. The number of rotatable bonds is 4. The topological polar surface area (TPSA) is 21.3 Å². The molecule has 0 radical (unpaired) electrons. The summed E-state index contributed by atoms with van der Waals surface area (Å²) in [5, 5.41) is 3.37. The van der Waals surface area contributed by atoms with E-state index in [1.807, 2.05) is 13.1 Å². The molecule has 0 amide bonds. The van der Waals surface area contributed by atoms with Gasteiger partial charge < -0.3 is 10.1 Å². The smallest absolute Gasteiger partial charge is 0.121 e. The second-order valence-corrected chi connectivity index (χ2v) is 7.98. The van der Waals surface area contributed by atoms with Crippen LogP contribution in [0.2, 0.25) is 0 Å². The molecular weight excluding hydrogens is 390 g/mol. The fourth-order valence-corrected chi connectivity index (χ4v) is 5.03. The number of benzene rings is 1. The minimum atomic E-state index is 0.168. The zero-order valence-corrected chi connectivity index (χ0v) is 14.9. The Bertz CT molecular complexity index is 583. The molecule has 2 rings (SSSR count). The molecule has 2 nitrogen and oxygen atoms in total. The molecule has 1 aromatic carbocycles. The number of thiophene rings is 1. The zero-order chi connectivity index (χ0) is 14.0. The molecule has 5 heteroatoms. The minimum absolute atomic E-state index is 0.168. The highest BCUT2D eigenvalue weighted by Crippen LogP contribution is 2.38. The van der Waals surface area contributed by atoms with Gasteiger partial charge in [0.1, 0.15) is 5.75 Å². The lowest BCUT2D eigenvalue weighted by Crippen LogP contribution is -2.17. The largest absolute Gasteiger partial charge is 0.496 e. The first-order valence-electron chi connectivity index (χ1n) is 5.83. The van der Waals surface area contributed by atoms with Crippen LogP contribution in [-0.4, -0.2) is 14.2 Å². The van der Waals surface area contributed by atoms with Crippen molar-refractivity contribution in [3.8, 4) is 5.75 Å². The SMILES string of the molecule is CNC(c1ccc(OC)c(C)c1)c1cc(Br)sc1Br. The van der Waals surface area contributed by atoms with Crippen molar-refractivity contribution in [2.24, 2.45) is 0 Å². The van der Waals surface area contributed by atoms with Crippen molar-refractivity contribution in [1.29, 1.82) is 0 Å². The molecular formula is C14H15Br2NOS. The zero-order valence-electron chi connectivity index (χ0n) is 11.0. The minimum Gasteiger partial charge on any atom is -0.496 e. The average Bonchev–Trinajstić information content (AvgIpc) is 2.70. The first kappa shape index (κ1) is 15.0. The summed E-state index contributed by atoms with van der Waals surface area (Å²) in [6.45, 7) is 2.06. The standard InChI is InChI=1S/C14H15Br2NOS/c1-8-6-9(4-5-11(8)18-3)13(17-2)10-7-12(15)19-14(10)16/h4-7,13,17H,1-3H3. The Kier molecular flexibility index (Phi) is 5.06. The summed E-state index contributed by atoms with van der Waals surface area (Å²) in [7, 11) is 3.67. The molecule has 102 valence electrons. The van der Waals surface area contributed by atoms with E-state index in [0.717, 1.165) is 18.9 Å². The van der Waals surface area contributed by atoms with Crippen LogP contribution in [0.25, 0.3) is 0 Å². The lowest BCUT2D eigenvalue weighted by molar-refractivity contribution is 0.411. The number of aryl methyl sites for hydroxylation is 1. The molecule has 0 fully saturated rings. The Balaban J connectivity index is 2.42. The van der Waals surface area contributed by atoms with Crippen LogP contribution < -0.4 is 10.1 Å². The Labute approximate surface area is 134 Å². The van der Waals surface area contributed by atoms with Crippen molar-refractivity contribution in [3.63, 3.8) is 0 Å². The predicted octanol–water partition coefficient (Wildman–Crippen LogP) is 4.90. The molecule has 0 aliphatic heterocycles. The Morgan fingerprint density at radius 2 is 2.00 bits per heavy atom. The average molecular weight is 405 g/mol. The third-order valence-corrected chi connectivity index (χ3v) is 5.42. The number of ether oxygens (including phenoxy) is 1. The molecule has 1 unspecified atom stereocenters. The van der Waals surface area contributed by atoms with Gasteiger partial charge in [0.05, 0.1) is 20.7 Å². The summed E-state index contributed by atoms with van der Waals surface area (Å²) in [6, 6.07) is 8.60. The monoisotopic (exact) mass is 403 g/mol. The van der Waals surface area contributed by atoms with Crippen LogP contribution in [0.3, 0.4) is 0 Å². The molecule has 1 aromatic heterocycles. The van der Waals surface area contributed by atoms with E-state index in [-0.39, 0.29) is 6.04 Å². The molecule has 19 heavy (non-hydrogen) atoms. The second kappa shape index (κ2) is 6.39. The van der Waals surface area contributed by atoms with Gasteiger partial charge in [-0.2, -0.15) is 0 Å². The highest BCUT2D eigenvalue weighted by molar-refractivity contribution is 9.12. The van der Waals surface area contributed by atoms with Gasteiger partial charge in [-0.1, -0.05) is 12.1 Å². The van der Waals surface area contributed by atoms with E-state index in [0.29, 0.717) is 0 Å². The molecule has 0 bridgehead atoms. The van der Waals surface area contributed by atoms with E-state index >= 15 is 0 Å². The Morgan fingerprint density at radius 3 is 2.47 bits per heavy atom. The molecule has 0 spiro atoms. The predicted molar refractivity (Wildman–Crippen MR) is 88.4 cm³/mol. The van der Waals surface area contributed by atoms with E-state index in [9.17, 15) is 0 Å².